The van der Waals surface area contributed by atoms with Crippen molar-refractivity contribution in [2.45, 2.75) is 0 Å². The summed E-state index contributed by atoms with van der Waals surface area (Å²) < 4.78 is 5.27. The Kier molecular flexibility index (Phi) is 4.31. The Hall–Kier alpha value is -2.78. The van der Waals surface area contributed by atoms with Gasteiger partial charge in [-0.15, -0.1) is 0 Å². The molecular weight excluding hydrogens is 312 g/mol. The number of rotatable bonds is 3. The van der Waals surface area contributed by atoms with Crippen molar-refractivity contribution < 1.29 is 14.6 Å². The van der Waals surface area contributed by atoms with Crippen molar-refractivity contribution in [2.75, 3.05) is 0 Å². The first-order valence-corrected chi connectivity index (χ1v) is 7.37. The summed E-state index contributed by atoms with van der Waals surface area (Å²) in [4.78, 5) is 12.1. The molecule has 0 bridgehead atoms. The molecule has 3 aromatic carbocycles. The molecule has 114 valence electrons. The van der Waals surface area contributed by atoms with E-state index < -0.39 is 5.97 Å². The predicted molar refractivity (Wildman–Crippen MR) is 90.0 cm³/mol. The molecule has 1 N–H and O–H groups in total. The number of carbonyl (C=O) groups is 1. The lowest BCUT2D eigenvalue weighted by Crippen LogP contribution is -2.08. The zero-order valence-corrected chi connectivity index (χ0v) is 12.8. The SMILES string of the molecule is O=C(Oc1ccc(-c2ccccc2)cc1)c1cc(Cl)ccc1O. The number of benzene rings is 3. The van der Waals surface area contributed by atoms with Crippen LogP contribution in [0.25, 0.3) is 11.1 Å². The molecule has 3 aromatic rings. The van der Waals surface area contributed by atoms with Crippen LogP contribution >= 0.6 is 11.6 Å². The van der Waals surface area contributed by atoms with Crippen molar-refractivity contribution in [3.8, 4) is 22.6 Å². The van der Waals surface area contributed by atoms with Gasteiger partial charge in [0.05, 0.1) is 0 Å². The molecule has 0 spiro atoms. The van der Waals surface area contributed by atoms with Gasteiger partial charge in [-0.3, -0.25) is 0 Å². The van der Waals surface area contributed by atoms with E-state index in [0.717, 1.165) is 11.1 Å². The maximum atomic E-state index is 12.1. The van der Waals surface area contributed by atoms with Crippen LogP contribution < -0.4 is 4.74 Å². The van der Waals surface area contributed by atoms with Crippen molar-refractivity contribution in [3.05, 3.63) is 83.4 Å². The number of phenols is 1. The fraction of sp³-hybridized carbons (Fsp3) is 0. The van der Waals surface area contributed by atoms with E-state index in [1.807, 2.05) is 42.5 Å². The lowest BCUT2D eigenvalue weighted by molar-refractivity contribution is 0.0731. The molecule has 3 rings (SSSR count). The lowest BCUT2D eigenvalue weighted by Gasteiger charge is -2.07. The second-order valence-corrected chi connectivity index (χ2v) is 5.38. The van der Waals surface area contributed by atoms with Gasteiger partial charge in [0, 0.05) is 5.02 Å². The number of halogens is 1. The Bertz CT molecular complexity index is 827. The first-order chi connectivity index (χ1) is 11.1. The largest absolute Gasteiger partial charge is 0.507 e. The van der Waals surface area contributed by atoms with Crippen molar-refractivity contribution in [1.82, 2.24) is 0 Å². The Morgan fingerprint density at radius 3 is 2.22 bits per heavy atom. The third kappa shape index (κ3) is 3.52. The highest BCUT2D eigenvalue weighted by molar-refractivity contribution is 6.31. The minimum absolute atomic E-state index is 0.0321. The van der Waals surface area contributed by atoms with Gasteiger partial charge in [-0.05, 0) is 41.5 Å². The number of carbonyl (C=O) groups excluding carboxylic acids is 1. The number of esters is 1. The van der Waals surface area contributed by atoms with E-state index in [2.05, 4.69) is 0 Å². The van der Waals surface area contributed by atoms with E-state index in [1.165, 1.54) is 18.2 Å². The van der Waals surface area contributed by atoms with Crippen LogP contribution in [0.4, 0.5) is 0 Å². The maximum absolute atomic E-state index is 12.1. The monoisotopic (exact) mass is 324 g/mol. The smallest absolute Gasteiger partial charge is 0.347 e. The van der Waals surface area contributed by atoms with E-state index in [1.54, 1.807) is 12.1 Å². The van der Waals surface area contributed by atoms with Crippen molar-refractivity contribution >= 4 is 17.6 Å². The van der Waals surface area contributed by atoms with Gasteiger partial charge in [0.15, 0.2) is 0 Å². The summed E-state index contributed by atoms with van der Waals surface area (Å²) in [6.07, 6.45) is 0. The summed E-state index contributed by atoms with van der Waals surface area (Å²) >= 11 is 5.83. The fourth-order valence-electron chi connectivity index (χ4n) is 2.18. The van der Waals surface area contributed by atoms with Crippen LogP contribution in [0, 0.1) is 0 Å². The lowest BCUT2D eigenvalue weighted by atomic mass is 10.1. The maximum Gasteiger partial charge on any atom is 0.347 e. The summed E-state index contributed by atoms with van der Waals surface area (Å²) in [5, 5.41) is 10.1. The number of hydrogen-bond donors (Lipinski definition) is 1. The van der Waals surface area contributed by atoms with Gasteiger partial charge in [-0.2, -0.15) is 0 Å². The van der Waals surface area contributed by atoms with Gasteiger partial charge < -0.3 is 9.84 Å². The summed E-state index contributed by atoms with van der Waals surface area (Å²) in [5.74, 6) is -0.424. The molecule has 0 aromatic heterocycles. The second-order valence-electron chi connectivity index (χ2n) is 4.94. The molecule has 0 saturated heterocycles. The molecule has 0 aliphatic rings. The quantitative estimate of drug-likeness (QED) is 0.548. The van der Waals surface area contributed by atoms with E-state index in [0.29, 0.717) is 10.8 Å². The third-order valence-corrected chi connectivity index (χ3v) is 3.59. The Balaban J connectivity index is 1.78. The first-order valence-electron chi connectivity index (χ1n) is 7.00. The van der Waals surface area contributed by atoms with Crippen LogP contribution in [-0.4, -0.2) is 11.1 Å². The van der Waals surface area contributed by atoms with E-state index in [4.69, 9.17) is 16.3 Å². The van der Waals surface area contributed by atoms with Crippen LogP contribution in [0.5, 0.6) is 11.5 Å². The molecule has 0 fully saturated rings. The molecule has 0 unspecified atom stereocenters. The summed E-state index contributed by atoms with van der Waals surface area (Å²) in [6.45, 7) is 0. The summed E-state index contributed by atoms with van der Waals surface area (Å²) in [5.41, 5.74) is 2.14. The third-order valence-electron chi connectivity index (χ3n) is 3.35. The molecule has 0 amide bonds. The van der Waals surface area contributed by atoms with Crippen molar-refractivity contribution in [3.63, 3.8) is 0 Å². The molecule has 0 aliphatic carbocycles. The van der Waals surface area contributed by atoms with Gasteiger partial charge >= 0.3 is 5.97 Å². The number of ether oxygens (including phenoxy) is 1. The van der Waals surface area contributed by atoms with Crippen molar-refractivity contribution in [1.29, 1.82) is 0 Å². The zero-order chi connectivity index (χ0) is 16.2. The average Bonchev–Trinajstić information content (AvgIpc) is 2.58. The van der Waals surface area contributed by atoms with Gasteiger partial charge in [0.2, 0.25) is 0 Å². The summed E-state index contributed by atoms with van der Waals surface area (Å²) in [6, 6.07) is 21.3. The molecule has 3 nitrogen and oxygen atoms in total. The van der Waals surface area contributed by atoms with E-state index in [9.17, 15) is 9.90 Å². The number of phenolic OH excluding ortho intramolecular Hbond substituents is 1. The highest BCUT2D eigenvalue weighted by atomic mass is 35.5. The molecule has 0 aliphatic heterocycles. The van der Waals surface area contributed by atoms with Crippen LogP contribution in [0.1, 0.15) is 10.4 Å². The molecular formula is C19H13ClO3. The van der Waals surface area contributed by atoms with Gasteiger partial charge in [-0.25, -0.2) is 4.79 Å². The van der Waals surface area contributed by atoms with Crippen LogP contribution in [-0.2, 0) is 0 Å². The van der Waals surface area contributed by atoms with Gasteiger partial charge in [0.1, 0.15) is 17.1 Å². The van der Waals surface area contributed by atoms with Gasteiger partial charge in [-0.1, -0.05) is 54.1 Å². The first kappa shape index (κ1) is 15.1. The second kappa shape index (κ2) is 6.55. The Morgan fingerprint density at radius 1 is 0.870 bits per heavy atom. The summed E-state index contributed by atoms with van der Waals surface area (Å²) in [7, 11) is 0. The van der Waals surface area contributed by atoms with Crippen LogP contribution in [0.3, 0.4) is 0 Å². The van der Waals surface area contributed by atoms with E-state index in [-0.39, 0.29) is 11.3 Å². The molecule has 0 saturated carbocycles. The predicted octanol–water partition coefficient (Wildman–Crippen LogP) is 4.93. The molecule has 23 heavy (non-hydrogen) atoms. The number of hydrogen-bond acceptors (Lipinski definition) is 3. The van der Waals surface area contributed by atoms with Crippen molar-refractivity contribution in [2.24, 2.45) is 0 Å². The number of aromatic hydroxyl groups is 1. The normalized spacial score (nSPS) is 10.3. The molecule has 4 heteroatoms. The average molecular weight is 325 g/mol. The molecule has 0 radical (unpaired) electrons. The van der Waals surface area contributed by atoms with Crippen LogP contribution in [0.15, 0.2) is 72.8 Å². The topological polar surface area (TPSA) is 46.5 Å². The minimum atomic E-state index is -0.655. The molecule has 0 atom stereocenters. The standard InChI is InChI=1S/C19H13ClO3/c20-15-8-11-18(21)17(12-15)19(22)23-16-9-6-14(7-10-16)13-4-2-1-3-5-13/h1-12,21H. The fourth-order valence-corrected chi connectivity index (χ4v) is 2.35. The highest BCUT2D eigenvalue weighted by Gasteiger charge is 2.14. The van der Waals surface area contributed by atoms with Crippen LogP contribution in [0.2, 0.25) is 5.02 Å². The Morgan fingerprint density at radius 2 is 1.52 bits per heavy atom. The Labute approximate surface area is 138 Å². The minimum Gasteiger partial charge on any atom is -0.507 e. The molecule has 0 heterocycles. The highest BCUT2D eigenvalue weighted by Crippen LogP contribution is 2.25. The zero-order valence-electron chi connectivity index (χ0n) is 12.1. The van der Waals surface area contributed by atoms with E-state index >= 15 is 0 Å². The van der Waals surface area contributed by atoms with Gasteiger partial charge in [0.25, 0.3) is 0 Å².